The van der Waals surface area contributed by atoms with Gasteiger partial charge in [-0.2, -0.15) is 0 Å². The normalized spacial score (nSPS) is 23.7. The van der Waals surface area contributed by atoms with Crippen molar-refractivity contribution in [2.75, 3.05) is 26.2 Å². The van der Waals surface area contributed by atoms with Crippen LogP contribution >= 0.6 is 0 Å². The highest BCUT2D eigenvalue weighted by molar-refractivity contribution is 5.89. The number of rotatable bonds is 4. The highest BCUT2D eigenvalue weighted by atomic mass is 16.5. The van der Waals surface area contributed by atoms with Crippen LogP contribution in [-0.2, 0) is 19.1 Å². The Morgan fingerprint density at radius 2 is 1.92 bits per heavy atom. The highest BCUT2D eigenvalue weighted by Crippen LogP contribution is 2.22. The number of benzene rings is 1. The van der Waals surface area contributed by atoms with Gasteiger partial charge in [-0.15, -0.1) is 0 Å². The molecule has 2 aliphatic rings. The first-order chi connectivity index (χ1) is 11.6. The van der Waals surface area contributed by atoms with E-state index in [2.05, 4.69) is 10.6 Å². The quantitative estimate of drug-likeness (QED) is 0.812. The van der Waals surface area contributed by atoms with E-state index in [1.54, 1.807) is 4.90 Å². The fraction of sp³-hybridized carbons (Fsp3) is 0.471. The summed E-state index contributed by atoms with van der Waals surface area (Å²) in [5.74, 6) is -0.741. The van der Waals surface area contributed by atoms with Gasteiger partial charge in [-0.3, -0.25) is 14.4 Å². The Labute approximate surface area is 140 Å². The third kappa shape index (κ3) is 3.73. The van der Waals surface area contributed by atoms with Crippen LogP contribution in [0.5, 0.6) is 0 Å². The Hall–Kier alpha value is -2.41. The number of amides is 3. The Kier molecular flexibility index (Phi) is 5.10. The van der Waals surface area contributed by atoms with Crippen molar-refractivity contribution in [1.29, 1.82) is 0 Å². The molecule has 7 heteroatoms. The second-order valence-corrected chi connectivity index (χ2v) is 5.99. The van der Waals surface area contributed by atoms with Gasteiger partial charge in [-0.1, -0.05) is 30.3 Å². The van der Waals surface area contributed by atoms with Crippen molar-refractivity contribution in [1.82, 2.24) is 15.5 Å². The van der Waals surface area contributed by atoms with Crippen LogP contribution in [0.3, 0.4) is 0 Å². The molecular formula is C17H21N3O4. The number of carbonyl (C=O) groups excluding carboxylic acids is 3. The Morgan fingerprint density at radius 1 is 1.21 bits per heavy atom. The number of morpholine rings is 1. The number of ether oxygens (including phenoxy) is 1. The lowest BCUT2D eigenvalue weighted by Gasteiger charge is -2.31. The highest BCUT2D eigenvalue weighted by Gasteiger charge is 2.36. The van der Waals surface area contributed by atoms with E-state index in [0.717, 1.165) is 31.5 Å². The van der Waals surface area contributed by atoms with Gasteiger partial charge < -0.3 is 20.3 Å². The van der Waals surface area contributed by atoms with Gasteiger partial charge in [0.05, 0.1) is 12.6 Å². The molecule has 0 aromatic heterocycles. The van der Waals surface area contributed by atoms with Gasteiger partial charge in [-0.25, -0.2) is 0 Å². The molecule has 0 unspecified atom stereocenters. The summed E-state index contributed by atoms with van der Waals surface area (Å²) >= 11 is 0. The number of hydrogen-bond donors (Lipinski definition) is 2. The summed E-state index contributed by atoms with van der Waals surface area (Å²) in [6.07, 6.45) is 1.16. The van der Waals surface area contributed by atoms with Crippen LogP contribution in [0.15, 0.2) is 30.3 Å². The fourth-order valence-electron chi connectivity index (χ4n) is 3.04. The second kappa shape index (κ2) is 7.44. The molecule has 2 aliphatic heterocycles. The van der Waals surface area contributed by atoms with Crippen molar-refractivity contribution < 1.29 is 19.1 Å². The molecule has 0 spiro atoms. The van der Waals surface area contributed by atoms with E-state index >= 15 is 0 Å². The van der Waals surface area contributed by atoms with E-state index in [9.17, 15) is 14.4 Å². The van der Waals surface area contributed by atoms with Crippen molar-refractivity contribution in [3.05, 3.63) is 35.9 Å². The first-order valence-corrected chi connectivity index (χ1v) is 8.16. The minimum absolute atomic E-state index is 0.0475. The lowest BCUT2D eigenvalue weighted by molar-refractivity contribution is -0.149. The molecule has 0 radical (unpaired) electrons. The molecule has 2 fully saturated rings. The third-order valence-electron chi connectivity index (χ3n) is 4.30. The largest absolute Gasteiger partial charge is 0.356 e. The van der Waals surface area contributed by atoms with E-state index in [0.29, 0.717) is 0 Å². The SMILES string of the molecule is O=C1CO[C@H](C(=O)NCC(=O)N2CCCC2)[C@@H](c2ccccc2)N1. The van der Waals surface area contributed by atoms with E-state index in [1.807, 2.05) is 30.3 Å². The van der Waals surface area contributed by atoms with Crippen LogP contribution in [0.25, 0.3) is 0 Å². The molecule has 1 aromatic carbocycles. The number of likely N-dealkylation sites (tertiary alicyclic amines) is 1. The lowest BCUT2D eigenvalue weighted by Crippen LogP contribution is -2.53. The van der Waals surface area contributed by atoms with Gasteiger partial charge in [0.2, 0.25) is 11.8 Å². The summed E-state index contributed by atoms with van der Waals surface area (Å²) in [6, 6.07) is 8.63. The van der Waals surface area contributed by atoms with Crippen molar-refractivity contribution in [2.45, 2.75) is 25.0 Å². The summed E-state index contributed by atoms with van der Waals surface area (Å²) in [4.78, 5) is 37.9. The summed E-state index contributed by atoms with van der Waals surface area (Å²) in [5, 5.41) is 5.42. The summed E-state index contributed by atoms with van der Waals surface area (Å²) in [5.41, 5.74) is 0.788. The van der Waals surface area contributed by atoms with Crippen molar-refractivity contribution in [2.24, 2.45) is 0 Å². The Bertz CT molecular complexity index is 614. The molecule has 2 saturated heterocycles. The minimum Gasteiger partial charge on any atom is -0.356 e. The monoisotopic (exact) mass is 331 g/mol. The van der Waals surface area contributed by atoms with Crippen molar-refractivity contribution >= 4 is 17.7 Å². The van der Waals surface area contributed by atoms with Crippen LogP contribution < -0.4 is 10.6 Å². The average molecular weight is 331 g/mol. The van der Waals surface area contributed by atoms with Gasteiger partial charge >= 0.3 is 0 Å². The molecule has 2 heterocycles. The molecule has 2 atom stereocenters. The van der Waals surface area contributed by atoms with Crippen LogP contribution in [0.1, 0.15) is 24.4 Å². The zero-order valence-electron chi connectivity index (χ0n) is 13.4. The molecule has 128 valence electrons. The predicted octanol–water partition coefficient (Wildman–Crippen LogP) is -0.0187. The average Bonchev–Trinajstić information content (AvgIpc) is 3.15. The maximum absolute atomic E-state index is 12.4. The van der Waals surface area contributed by atoms with Gasteiger partial charge in [0.25, 0.3) is 5.91 Å². The summed E-state index contributed by atoms with van der Waals surface area (Å²) in [6.45, 7) is 1.28. The zero-order chi connectivity index (χ0) is 16.9. The van der Waals surface area contributed by atoms with Crippen molar-refractivity contribution in [3.8, 4) is 0 Å². The zero-order valence-corrected chi connectivity index (χ0v) is 13.4. The Morgan fingerprint density at radius 3 is 2.62 bits per heavy atom. The molecule has 0 bridgehead atoms. The van der Waals surface area contributed by atoms with E-state index in [1.165, 1.54) is 0 Å². The molecule has 0 saturated carbocycles. The number of carbonyl (C=O) groups is 3. The first-order valence-electron chi connectivity index (χ1n) is 8.16. The van der Waals surface area contributed by atoms with Crippen LogP contribution in [0.4, 0.5) is 0 Å². The third-order valence-corrected chi connectivity index (χ3v) is 4.30. The summed E-state index contributed by atoms with van der Waals surface area (Å²) in [7, 11) is 0. The van der Waals surface area contributed by atoms with Gasteiger partial charge in [-0.05, 0) is 18.4 Å². The molecule has 3 amide bonds. The summed E-state index contributed by atoms with van der Waals surface area (Å²) < 4.78 is 5.43. The van der Waals surface area contributed by atoms with Gasteiger partial charge in [0.1, 0.15) is 6.61 Å². The smallest absolute Gasteiger partial charge is 0.252 e. The Balaban J connectivity index is 1.63. The van der Waals surface area contributed by atoms with E-state index in [-0.39, 0.29) is 25.0 Å². The molecule has 0 aliphatic carbocycles. The number of hydrogen-bond acceptors (Lipinski definition) is 4. The molecule has 3 rings (SSSR count). The van der Waals surface area contributed by atoms with E-state index in [4.69, 9.17) is 4.74 Å². The molecule has 2 N–H and O–H groups in total. The lowest BCUT2D eigenvalue weighted by atomic mass is 9.99. The van der Waals surface area contributed by atoms with Crippen LogP contribution in [-0.4, -0.2) is 55.0 Å². The van der Waals surface area contributed by atoms with Crippen molar-refractivity contribution in [3.63, 3.8) is 0 Å². The maximum Gasteiger partial charge on any atom is 0.252 e. The molecule has 1 aromatic rings. The number of nitrogens with one attached hydrogen (secondary N) is 2. The molecule has 24 heavy (non-hydrogen) atoms. The topological polar surface area (TPSA) is 87.7 Å². The molecule has 7 nitrogen and oxygen atoms in total. The fourth-order valence-corrected chi connectivity index (χ4v) is 3.04. The van der Waals surface area contributed by atoms with E-state index < -0.39 is 18.1 Å². The maximum atomic E-state index is 12.4. The van der Waals surface area contributed by atoms with Gasteiger partial charge in [0.15, 0.2) is 6.10 Å². The van der Waals surface area contributed by atoms with Crippen LogP contribution in [0.2, 0.25) is 0 Å². The predicted molar refractivity (Wildman–Crippen MR) is 85.9 cm³/mol. The first kappa shape index (κ1) is 16.4. The standard InChI is InChI=1S/C17H21N3O4/c21-13-11-24-16(15(19-13)12-6-2-1-3-7-12)17(23)18-10-14(22)20-8-4-5-9-20/h1-3,6-7,15-16H,4-5,8-11H2,(H,18,23)(H,19,21)/t15-,16+/m1/s1. The van der Waals surface area contributed by atoms with Crippen LogP contribution in [0, 0.1) is 0 Å². The van der Waals surface area contributed by atoms with Gasteiger partial charge in [0, 0.05) is 13.1 Å². The number of nitrogens with zero attached hydrogens (tertiary/aromatic N) is 1. The minimum atomic E-state index is -0.850. The molecular weight excluding hydrogens is 310 g/mol. The second-order valence-electron chi connectivity index (χ2n) is 5.99.